The van der Waals surface area contributed by atoms with Crippen LogP contribution < -0.4 is 0 Å². The first-order valence-corrected chi connectivity index (χ1v) is 2.31. The van der Waals surface area contributed by atoms with Crippen LogP contribution in [0, 0.1) is 6.61 Å². The van der Waals surface area contributed by atoms with Crippen LogP contribution >= 0.6 is 0 Å². The molecule has 0 saturated heterocycles. The molecule has 0 atom stereocenters. The Morgan fingerprint density at radius 3 is 2.57 bits per heavy atom. The van der Waals surface area contributed by atoms with Gasteiger partial charge in [-0.2, -0.15) is 0 Å². The van der Waals surface area contributed by atoms with Crippen molar-refractivity contribution in [3.63, 3.8) is 0 Å². The summed E-state index contributed by atoms with van der Waals surface area (Å²) >= 11 is 0. The molecule has 0 fully saturated rings. The van der Waals surface area contributed by atoms with Crippen LogP contribution in [0.1, 0.15) is 13.8 Å². The molecule has 7 heavy (non-hydrogen) atoms. The lowest BCUT2D eigenvalue weighted by molar-refractivity contribution is 0.232. The zero-order valence-corrected chi connectivity index (χ0v) is 4.90. The Bertz CT molecular complexity index is 57.2. The van der Waals surface area contributed by atoms with Crippen LogP contribution in [0.25, 0.3) is 0 Å². The number of rotatable bonds is 3. The summed E-state index contributed by atoms with van der Waals surface area (Å²) in [6.45, 7) is 9.74. The lowest BCUT2D eigenvalue weighted by Gasteiger charge is -1.94. The SMILES string of the molecule is C=C(C)CO[CH]C. The highest BCUT2D eigenvalue weighted by atomic mass is 16.5. The van der Waals surface area contributed by atoms with Crippen molar-refractivity contribution in [2.45, 2.75) is 13.8 Å². The second kappa shape index (κ2) is 3.88. The van der Waals surface area contributed by atoms with Gasteiger partial charge in [-0.25, -0.2) is 0 Å². The summed E-state index contributed by atoms with van der Waals surface area (Å²) < 4.78 is 4.87. The van der Waals surface area contributed by atoms with E-state index in [4.69, 9.17) is 4.74 Å². The van der Waals surface area contributed by atoms with Gasteiger partial charge in [-0.05, 0) is 13.8 Å². The minimum Gasteiger partial charge on any atom is -0.372 e. The maximum atomic E-state index is 4.87. The fourth-order valence-corrected chi connectivity index (χ4v) is 0.226. The third-order valence-electron chi connectivity index (χ3n) is 0.496. The molecule has 0 heterocycles. The van der Waals surface area contributed by atoms with Crippen LogP contribution in [0.2, 0.25) is 0 Å². The van der Waals surface area contributed by atoms with E-state index in [1.807, 2.05) is 13.8 Å². The number of hydrogen-bond acceptors (Lipinski definition) is 1. The van der Waals surface area contributed by atoms with E-state index >= 15 is 0 Å². The van der Waals surface area contributed by atoms with Gasteiger partial charge >= 0.3 is 0 Å². The van der Waals surface area contributed by atoms with Crippen molar-refractivity contribution in [1.82, 2.24) is 0 Å². The molecule has 0 aromatic heterocycles. The van der Waals surface area contributed by atoms with Crippen LogP contribution in [0.15, 0.2) is 12.2 Å². The maximum Gasteiger partial charge on any atom is 0.0810 e. The van der Waals surface area contributed by atoms with E-state index < -0.39 is 0 Å². The summed E-state index contributed by atoms with van der Waals surface area (Å²) in [6.07, 6.45) is 0. The summed E-state index contributed by atoms with van der Waals surface area (Å²) in [5.41, 5.74) is 1.05. The molecule has 41 valence electrons. The summed E-state index contributed by atoms with van der Waals surface area (Å²) in [4.78, 5) is 0. The molecule has 0 spiro atoms. The van der Waals surface area contributed by atoms with Gasteiger partial charge in [0.05, 0.1) is 13.2 Å². The molecule has 0 rings (SSSR count). The smallest absolute Gasteiger partial charge is 0.0810 e. The lowest BCUT2D eigenvalue weighted by Crippen LogP contribution is -1.87. The Hall–Kier alpha value is -0.300. The lowest BCUT2D eigenvalue weighted by atomic mass is 10.4. The van der Waals surface area contributed by atoms with Crippen LogP contribution in [0.5, 0.6) is 0 Å². The van der Waals surface area contributed by atoms with E-state index in [1.165, 1.54) is 0 Å². The first-order chi connectivity index (χ1) is 3.27. The molecule has 0 unspecified atom stereocenters. The highest BCUT2D eigenvalue weighted by molar-refractivity contribution is 4.87. The van der Waals surface area contributed by atoms with Gasteiger partial charge in [-0.15, -0.1) is 0 Å². The molecule has 0 saturated carbocycles. The van der Waals surface area contributed by atoms with Crippen molar-refractivity contribution in [2.75, 3.05) is 6.61 Å². The molecular weight excluding hydrogens is 88.1 g/mol. The van der Waals surface area contributed by atoms with Crippen molar-refractivity contribution >= 4 is 0 Å². The standard InChI is InChI=1S/C6H11O/c1-4-7-5-6(2)3/h4H,2,5H2,1,3H3. The van der Waals surface area contributed by atoms with E-state index in [9.17, 15) is 0 Å². The summed E-state index contributed by atoms with van der Waals surface area (Å²) in [7, 11) is 0. The van der Waals surface area contributed by atoms with E-state index in [2.05, 4.69) is 6.58 Å². The summed E-state index contributed by atoms with van der Waals surface area (Å²) in [5, 5.41) is 0. The fraction of sp³-hybridized carbons (Fsp3) is 0.500. The number of ether oxygens (including phenoxy) is 1. The minimum atomic E-state index is 0.649. The van der Waals surface area contributed by atoms with Crippen molar-refractivity contribution in [3.8, 4) is 0 Å². The van der Waals surface area contributed by atoms with Gasteiger partial charge < -0.3 is 4.74 Å². The Morgan fingerprint density at radius 2 is 2.43 bits per heavy atom. The average molecular weight is 99.2 g/mol. The minimum absolute atomic E-state index is 0.649. The molecular formula is C6H11O. The second-order valence-electron chi connectivity index (χ2n) is 1.50. The van der Waals surface area contributed by atoms with Gasteiger partial charge in [0.1, 0.15) is 0 Å². The largest absolute Gasteiger partial charge is 0.372 e. The Balaban J connectivity index is 2.82. The maximum absolute atomic E-state index is 4.87. The predicted octanol–water partition coefficient (Wildman–Crippen LogP) is 1.76. The molecule has 1 radical (unpaired) electrons. The Labute approximate surface area is 45.0 Å². The first kappa shape index (κ1) is 6.70. The predicted molar refractivity (Wildman–Crippen MR) is 30.7 cm³/mol. The topological polar surface area (TPSA) is 9.23 Å². The van der Waals surface area contributed by atoms with Crippen molar-refractivity contribution < 1.29 is 4.74 Å². The summed E-state index contributed by atoms with van der Waals surface area (Å²) in [5.74, 6) is 0. The van der Waals surface area contributed by atoms with Gasteiger partial charge in [0.15, 0.2) is 0 Å². The Kier molecular flexibility index (Phi) is 3.71. The molecule has 0 aliphatic heterocycles. The molecule has 0 aliphatic rings. The van der Waals surface area contributed by atoms with Crippen LogP contribution in [-0.4, -0.2) is 6.61 Å². The summed E-state index contributed by atoms with van der Waals surface area (Å²) in [6, 6.07) is 0. The first-order valence-electron chi connectivity index (χ1n) is 2.31. The van der Waals surface area contributed by atoms with Gasteiger partial charge in [0, 0.05) is 0 Å². The molecule has 1 heteroatoms. The van der Waals surface area contributed by atoms with Crippen LogP contribution in [0.4, 0.5) is 0 Å². The van der Waals surface area contributed by atoms with E-state index in [0.717, 1.165) is 5.57 Å². The normalized spacial score (nSPS) is 8.86. The molecule has 0 amide bonds. The van der Waals surface area contributed by atoms with Gasteiger partial charge in [-0.1, -0.05) is 12.2 Å². The van der Waals surface area contributed by atoms with Crippen LogP contribution in [-0.2, 0) is 4.74 Å². The monoisotopic (exact) mass is 99.1 g/mol. The Morgan fingerprint density at radius 1 is 1.86 bits per heavy atom. The van der Waals surface area contributed by atoms with Gasteiger partial charge in [0.2, 0.25) is 0 Å². The van der Waals surface area contributed by atoms with Crippen molar-refractivity contribution in [2.24, 2.45) is 0 Å². The van der Waals surface area contributed by atoms with Crippen molar-refractivity contribution in [1.29, 1.82) is 0 Å². The van der Waals surface area contributed by atoms with Gasteiger partial charge in [0.25, 0.3) is 0 Å². The average Bonchev–Trinajstić information content (AvgIpc) is 1.61. The molecule has 0 aliphatic carbocycles. The highest BCUT2D eigenvalue weighted by Crippen LogP contribution is 1.88. The van der Waals surface area contributed by atoms with Gasteiger partial charge in [-0.3, -0.25) is 0 Å². The van der Waals surface area contributed by atoms with E-state index in [1.54, 1.807) is 6.61 Å². The number of hydrogen-bond donors (Lipinski definition) is 0. The van der Waals surface area contributed by atoms with E-state index in [0.29, 0.717) is 6.61 Å². The molecule has 0 N–H and O–H groups in total. The molecule has 0 bridgehead atoms. The molecule has 0 aromatic carbocycles. The second-order valence-corrected chi connectivity index (χ2v) is 1.50. The van der Waals surface area contributed by atoms with Crippen LogP contribution in [0.3, 0.4) is 0 Å². The zero-order chi connectivity index (χ0) is 5.70. The molecule has 0 aromatic rings. The third-order valence-corrected chi connectivity index (χ3v) is 0.496. The molecule has 1 nitrogen and oxygen atoms in total. The quantitative estimate of drug-likeness (QED) is 0.490. The fourth-order valence-electron chi connectivity index (χ4n) is 0.226. The third kappa shape index (κ3) is 5.70. The van der Waals surface area contributed by atoms with Crippen molar-refractivity contribution in [3.05, 3.63) is 18.8 Å². The highest BCUT2D eigenvalue weighted by Gasteiger charge is 1.80. The van der Waals surface area contributed by atoms with E-state index in [-0.39, 0.29) is 0 Å². The zero-order valence-electron chi connectivity index (χ0n) is 4.90.